The lowest BCUT2D eigenvalue weighted by Crippen LogP contribution is -2.34. The first kappa shape index (κ1) is 18.2. The van der Waals surface area contributed by atoms with Crippen LogP contribution in [-0.2, 0) is 0 Å². The lowest BCUT2D eigenvalue weighted by molar-refractivity contribution is 0.0977. The minimum Gasteiger partial charge on any atom is -0.508 e. The van der Waals surface area contributed by atoms with E-state index in [9.17, 15) is 9.90 Å². The molecule has 24 heavy (non-hydrogen) atoms. The van der Waals surface area contributed by atoms with Crippen molar-refractivity contribution in [3.8, 4) is 11.5 Å². The predicted octanol–water partition coefficient (Wildman–Crippen LogP) is 4.07. The topological polar surface area (TPSA) is 70.6 Å². The zero-order valence-corrected chi connectivity index (χ0v) is 15.6. The largest absolute Gasteiger partial charge is 0.508 e. The normalized spacial score (nSPS) is 10.3. The smallest absolute Gasteiger partial charge is 0.257 e. The van der Waals surface area contributed by atoms with E-state index in [1.54, 1.807) is 36.4 Å². The van der Waals surface area contributed by atoms with E-state index >= 15 is 0 Å². The fourth-order valence-corrected chi connectivity index (χ4v) is 2.60. The van der Waals surface area contributed by atoms with Gasteiger partial charge in [-0.05, 0) is 72.3 Å². The second-order valence-electron chi connectivity index (χ2n) is 5.27. The van der Waals surface area contributed by atoms with Gasteiger partial charge in [0.1, 0.15) is 11.5 Å². The zero-order chi connectivity index (χ0) is 17.7. The Morgan fingerprint density at radius 1 is 1.25 bits per heavy atom. The van der Waals surface area contributed by atoms with Crippen molar-refractivity contribution in [2.24, 2.45) is 0 Å². The number of rotatable bonds is 4. The molecule has 126 valence electrons. The Bertz CT molecular complexity index is 765. The molecule has 0 spiro atoms. The Kier molecular flexibility index (Phi) is 6.16. The number of thiocarbonyl (C=S) groups is 1. The van der Waals surface area contributed by atoms with E-state index in [4.69, 9.17) is 17.0 Å². The lowest BCUT2D eigenvalue weighted by atomic mass is 10.2. The molecule has 3 N–H and O–H groups in total. The molecule has 0 aromatic heterocycles. The summed E-state index contributed by atoms with van der Waals surface area (Å²) in [5, 5.41) is 15.0. The highest BCUT2D eigenvalue weighted by molar-refractivity contribution is 9.10. The van der Waals surface area contributed by atoms with Crippen molar-refractivity contribution in [1.82, 2.24) is 5.32 Å². The number of phenolic OH excluding ortho intramolecular Hbond substituents is 1. The van der Waals surface area contributed by atoms with Crippen molar-refractivity contribution >= 4 is 44.9 Å². The van der Waals surface area contributed by atoms with Gasteiger partial charge in [0, 0.05) is 17.3 Å². The molecule has 7 heteroatoms. The summed E-state index contributed by atoms with van der Waals surface area (Å²) in [5.74, 6) is 0.435. The van der Waals surface area contributed by atoms with Crippen molar-refractivity contribution in [2.45, 2.75) is 20.0 Å². The van der Waals surface area contributed by atoms with Crippen LogP contribution in [0.25, 0.3) is 0 Å². The van der Waals surface area contributed by atoms with Gasteiger partial charge >= 0.3 is 0 Å². The Hall–Kier alpha value is -2.12. The van der Waals surface area contributed by atoms with Crippen LogP contribution in [0, 0.1) is 0 Å². The van der Waals surface area contributed by atoms with Crippen LogP contribution in [0.15, 0.2) is 46.9 Å². The molecule has 0 unspecified atom stereocenters. The number of nitrogens with one attached hydrogen (secondary N) is 2. The summed E-state index contributed by atoms with van der Waals surface area (Å²) in [6, 6.07) is 11.5. The van der Waals surface area contributed by atoms with Gasteiger partial charge in [0.05, 0.1) is 10.6 Å². The number of ether oxygens (including phenoxy) is 1. The summed E-state index contributed by atoms with van der Waals surface area (Å²) < 4.78 is 6.30. The molecule has 0 aliphatic carbocycles. The second-order valence-corrected chi connectivity index (χ2v) is 6.53. The van der Waals surface area contributed by atoms with E-state index in [1.165, 1.54) is 6.07 Å². The molecular formula is C17H17BrN2O3S. The molecule has 0 radical (unpaired) electrons. The van der Waals surface area contributed by atoms with Crippen LogP contribution in [-0.4, -0.2) is 22.2 Å². The SMILES string of the molecule is CC(C)Oc1ccc(C(=O)NC(=S)Nc2cccc(O)c2)cc1Br. The monoisotopic (exact) mass is 408 g/mol. The Balaban J connectivity index is 2.01. The van der Waals surface area contributed by atoms with Crippen molar-refractivity contribution in [3.63, 3.8) is 0 Å². The third-order valence-electron chi connectivity index (χ3n) is 2.89. The zero-order valence-electron chi connectivity index (χ0n) is 13.2. The molecule has 0 saturated carbocycles. The summed E-state index contributed by atoms with van der Waals surface area (Å²) in [4.78, 5) is 12.2. The summed E-state index contributed by atoms with van der Waals surface area (Å²) in [7, 11) is 0. The summed E-state index contributed by atoms with van der Waals surface area (Å²) in [6.07, 6.45) is 0.0417. The number of benzene rings is 2. The van der Waals surface area contributed by atoms with Crippen LogP contribution in [0.5, 0.6) is 11.5 Å². The van der Waals surface area contributed by atoms with Crippen LogP contribution < -0.4 is 15.4 Å². The average Bonchev–Trinajstić information content (AvgIpc) is 2.48. The number of hydrogen-bond acceptors (Lipinski definition) is 4. The fraction of sp³-hybridized carbons (Fsp3) is 0.176. The molecule has 0 saturated heterocycles. The number of carbonyl (C=O) groups is 1. The lowest BCUT2D eigenvalue weighted by Gasteiger charge is -2.13. The van der Waals surface area contributed by atoms with Crippen molar-refractivity contribution in [2.75, 3.05) is 5.32 Å². The summed E-state index contributed by atoms with van der Waals surface area (Å²) in [5.41, 5.74) is 1.03. The Labute approximate surface area is 154 Å². The molecule has 5 nitrogen and oxygen atoms in total. The maximum atomic E-state index is 12.2. The number of anilines is 1. The van der Waals surface area contributed by atoms with Gasteiger partial charge in [-0.1, -0.05) is 6.07 Å². The molecule has 0 heterocycles. The first-order valence-corrected chi connectivity index (χ1v) is 8.43. The molecule has 1 amide bonds. The van der Waals surface area contributed by atoms with Crippen LogP contribution in [0.4, 0.5) is 5.69 Å². The van der Waals surface area contributed by atoms with Crippen molar-refractivity contribution < 1.29 is 14.6 Å². The molecule has 0 bridgehead atoms. The molecule has 2 rings (SSSR count). The van der Waals surface area contributed by atoms with E-state index in [0.29, 0.717) is 21.5 Å². The van der Waals surface area contributed by atoms with E-state index in [-0.39, 0.29) is 22.9 Å². The number of amides is 1. The molecule has 0 aliphatic rings. The van der Waals surface area contributed by atoms with E-state index in [2.05, 4.69) is 26.6 Å². The summed E-state index contributed by atoms with van der Waals surface area (Å²) in [6.45, 7) is 3.86. The van der Waals surface area contributed by atoms with E-state index < -0.39 is 0 Å². The van der Waals surface area contributed by atoms with E-state index in [1.807, 2.05) is 13.8 Å². The van der Waals surface area contributed by atoms with Gasteiger partial charge in [0.2, 0.25) is 0 Å². The average molecular weight is 409 g/mol. The van der Waals surface area contributed by atoms with Gasteiger partial charge in [-0.25, -0.2) is 0 Å². The van der Waals surface area contributed by atoms with Gasteiger partial charge in [-0.2, -0.15) is 0 Å². The third kappa shape index (κ3) is 5.21. The quantitative estimate of drug-likeness (QED) is 0.665. The van der Waals surface area contributed by atoms with Gasteiger partial charge in [-0.3, -0.25) is 10.1 Å². The minimum atomic E-state index is -0.343. The first-order valence-electron chi connectivity index (χ1n) is 7.22. The molecule has 0 aliphatic heterocycles. The summed E-state index contributed by atoms with van der Waals surface area (Å²) >= 11 is 8.50. The number of halogens is 1. The molecule has 0 fully saturated rings. The Morgan fingerprint density at radius 3 is 2.62 bits per heavy atom. The van der Waals surface area contributed by atoms with Crippen LogP contribution in [0.1, 0.15) is 24.2 Å². The highest BCUT2D eigenvalue weighted by atomic mass is 79.9. The predicted molar refractivity (Wildman–Crippen MR) is 102 cm³/mol. The standard InChI is InChI=1S/C17H17BrN2O3S/c1-10(2)23-15-7-6-11(8-14(15)18)16(22)20-17(24)19-12-4-3-5-13(21)9-12/h3-10,21H,1-2H3,(H2,19,20,22,24). The number of carbonyl (C=O) groups excluding carboxylic acids is 1. The number of hydrogen-bond donors (Lipinski definition) is 3. The van der Waals surface area contributed by atoms with Crippen molar-refractivity contribution in [1.29, 1.82) is 0 Å². The third-order valence-corrected chi connectivity index (χ3v) is 3.71. The molecule has 0 atom stereocenters. The first-order chi connectivity index (χ1) is 11.3. The second kappa shape index (κ2) is 8.12. The van der Waals surface area contributed by atoms with Crippen LogP contribution in [0.3, 0.4) is 0 Å². The maximum absolute atomic E-state index is 12.2. The van der Waals surface area contributed by atoms with Gasteiger partial charge < -0.3 is 15.2 Å². The minimum absolute atomic E-state index is 0.0417. The molecular weight excluding hydrogens is 392 g/mol. The number of aromatic hydroxyl groups is 1. The Morgan fingerprint density at radius 2 is 2.00 bits per heavy atom. The molecule has 2 aromatic rings. The maximum Gasteiger partial charge on any atom is 0.257 e. The van der Waals surface area contributed by atoms with Crippen molar-refractivity contribution in [3.05, 3.63) is 52.5 Å². The number of phenols is 1. The van der Waals surface area contributed by atoms with Crippen LogP contribution >= 0.6 is 28.1 Å². The fourth-order valence-electron chi connectivity index (χ4n) is 1.91. The van der Waals surface area contributed by atoms with Gasteiger partial charge in [-0.15, -0.1) is 0 Å². The van der Waals surface area contributed by atoms with Gasteiger partial charge in [0.15, 0.2) is 5.11 Å². The highest BCUT2D eigenvalue weighted by Gasteiger charge is 2.11. The highest BCUT2D eigenvalue weighted by Crippen LogP contribution is 2.27. The van der Waals surface area contributed by atoms with Gasteiger partial charge in [0.25, 0.3) is 5.91 Å². The van der Waals surface area contributed by atoms with Crippen LogP contribution in [0.2, 0.25) is 0 Å². The van der Waals surface area contributed by atoms with E-state index in [0.717, 1.165) is 0 Å². The molecule has 2 aromatic carbocycles.